The van der Waals surface area contributed by atoms with Gasteiger partial charge in [0.05, 0.1) is 17.8 Å². The summed E-state index contributed by atoms with van der Waals surface area (Å²) >= 11 is 0. The van der Waals surface area contributed by atoms with Gasteiger partial charge in [-0.05, 0) is 36.6 Å². The van der Waals surface area contributed by atoms with Crippen molar-refractivity contribution in [2.24, 2.45) is 12.0 Å². The van der Waals surface area contributed by atoms with E-state index in [4.69, 9.17) is 4.99 Å². The third kappa shape index (κ3) is 3.75. The molecule has 1 aromatic heterocycles. The largest absolute Gasteiger partial charge is 0.321 e. The summed E-state index contributed by atoms with van der Waals surface area (Å²) in [4.78, 5) is 19.2. The lowest BCUT2D eigenvalue weighted by atomic mass is 9.97. The van der Waals surface area contributed by atoms with Crippen LogP contribution in [0.5, 0.6) is 0 Å². The predicted molar refractivity (Wildman–Crippen MR) is 108 cm³/mol. The molecular formula is C21H27N5O. The maximum atomic E-state index is 12.7. The molecule has 6 heteroatoms. The molecule has 1 saturated heterocycles. The van der Waals surface area contributed by atoms with Crippen molar-refractivity contribution in [2.45, 2.75) is 51.0 Å². The van der Waals surface area contributed by atoms with E-state index in [0.717, 1.165) is 29.3 Å². The fraction of sp³-hybridized carbons (Fsp3) is 0.476. The Kier molecular flexibility index (Phi) is 4.97. The summed E-state index contributed by atoms with van der Waals surface area (Å²) in [5, 5.41) is 8.58. The number of rotatable bonds is 2. The Bertz CT molecular complexity index is 902. The normalized spacial score (nSPS) is 22.4. The van der Waals surface area contributed by atoms with Gasteiger partial charge < -0.3 is 5.32 Å². The summed E-state index contributed by atoms with van der Waals surface area (Å²) in [6.07, 6.45) is 12.4. The number of carbonyl (C=O) groups is 1. The minimum absolute atomic E-state index is 0.0362. The third-order valence-electron chi connectivity index (χ3n) is 5.56. The van der Waals surface area contributed by atoms with Gasteiger partial charge in [0.25, 0.3) is 5.91 Å². The van der Waals surface area contributed by atoms with Crippen LogP contribution in [0.1, 0.15) is 50.5 Å². The van der Waals surface area contributed by atoms with E-state index in [1.165, 1.54) is 32.1 Å². The first-order valence-corrected chi connectivity index (χ1v) is 9.88. The molecule has 1 aliphatic heterocycles. The van der Waals surface area contributed by atoms with E-state index >= 15 is 0 Å². The number of carbonyl (C=O) groups excluding carboxylic acids is 1. The number of fused-ring (bicyclic) bond motifs is 1. The van der Waals surface area contributed by atoms with Crippen molar-refractivity contribution in [1.29, 1.82) is 0 Å². The molecule has 1 amide bonds. The molecule has 27 heavy (non-hydrogen) atoms. The van der Waals surface area contributed by atoms with Gasteiger partial charge in [-0.15, -0.1) is 0 Å². The molecule has 0 atom stereocenters. The van der Waals surface area contributed by atoms with Crippen LogP contribution in [0.25, 0.3) is 17.0 Å². The van der Waals surface area contributed by atoms with Gasteiger partial charge in [0, 0.05) is 19.5 Å². The Balaban J connectivity index is 1.55. The van der Waals surface area contributed by atoms with Crippen molar-refractivity contribution in [3.05, 3.63) is 35.7 Å². The quantitative estimate of drug-likeness (QED) is 0.829. The molecule has 0 bridgehead atoms. The maximum absolute atomic E-state index is 12.7. The molecule has 0 spiro atoms. The molecule has 2 fully saturated rings. The van der Waals surface area contributed by atoms with Crippen LogP contribution in [0.15, 0.2) is 35.1 Å². The van der Waals surface area contributed by atoms with Crippen LogP contribution in [0.4, 0.5) is 0 Å². The van der Waals surface area contributed by atoms with Gasteiger partial charge in [0.2, 0.25) is 5.96 Å². The molecule has 1 aliphatic carbocycles. The van der Waals surface area contributed by atoms with Crippen molar-refractivity contribution >= 4 is 28.8 Å². The van der Waals surface area contributed by atoms with E-state index in [-0.39, 0.29) is 5.91 Å². The van der Waals surface area contributed by atoms with Gasteiger partial charge in [0.15, 0.2) is 0 Å². The third-order valence-corrected chi connectivity index (χ3v) is 5.56. The Morgan fingerprint density at radius 1 is 1.15 bits per heavy atom. The molecule has 142 valence electrons. The summed E-state index contributed by atoms with van der Waals surface area (Å²) in [6, 6.07) is 6.40. The topological polar surface area (TPSA) is 62.5 Å². The highest BCUT2D eigenvalue weighted by Crippen LogP contribution is 2.22. The Hall–Kier alpha value is -2.63. The molecule has 0 radical (unpaired) electrons. The standard InChI is InChI=1S/C21H27N5O/c1-25-20(27)18(13-15-10-11-19-16(12-15)14-22-26(19)2)24-21(25)23-17-8-6-4-3-5-7-9-17/h10-14,17H,3-9H2,1-2H3,(H,23,24)/b18-13-. The fourth-order valence-corrected chi connectivity index (χ4v) is 3.93. The number of aryl methyl sites for hydroxylation is 1. The number of guanidine groups is 1. The summed E-state index contributed by atoms with van der Waals surface area (Å²) in [7, 11) is 3.72. The number of benzene rings is 1. The zero-order valence-corrected chi connectivity index (χ0v) is 16.1. The van der Waals surface area contributed by atoms with Crippen molar-refractivity contribution in [1.82, 2.24) is 20.0 Å². The minimum atomic E-state index is -0.0362. The second-order valence-corrected chi connectivity index (χ2v) is 7.59. The predicted octanol–water partition coefficient (Wildman–Crippen LogP) is 3.44. The lowest BCUT2D eigenvalue weighted by Crippen LogP contribution is -2.30. The van der Waals surface area contributed by atoms with E-state index < -0.39 is 0 Å². The van der Waals surface area contributed by atoms with Crippen LogP contribution in [-0.4, -0.2) is 39.6 Å². The number of nitrogens with zero attached hydrogens (tertiary/aromatic N) is 4. The number of nitrogens with one attached hydrogen (secondary N) is 1. The van der Waals surface area contributed by atoms with Gasteiger partial charge >= 0.3 is 0 Å². The monoisotopic (exact) mass is 365 g/mol. The van der Waals surface area contributed by atoms with E-state index in [9.17, 15) is 4.79 Å². The van der Waals surface area contributed by atoms with Crippen molar-refractivity contribution in [3.63, 3.8) is 0 Å². The molecule has 2 aliphatic rings. The number of aromatic nitrogens is 2. The van der Waals surface area contributed by atoms with Gasteiger partial charge in [-0.1, -0.05) is 38.2 Å². The Morgan fingerprint density at radius 3 is 2.67 bits per heavy atom. The molecule has 1 N–H and O–H groups in total. The van der Waals surface area contributed by atoms with Crippen LogP contribution in [0.3, 0.4) is 0 Å². The molecule has 6 nitrogen and oxygen atoms in total. The van der Waals surface area contributed by atoms with Crippen LogP contribution in [0, 0.1) is 0 Å². The first-order chi connectivity index (χ1) is 13.1. The minimum Gasteiger partial charge on any atom is -0.321 e. The van der Waals surface area contributed by atoms with E-state index in [1.54, 1.807) is 11.9 Å². The number of hydrogen-bond donors (Lipinski definition) is 1. The summed E-state index contributed by atoms with van der Waals surface area (Å²) in [5.74, 6) is 0.644. The van der Waals surface area contributed by atoms with Crippen molar-refractivity contribution < 1.29 is 4.79 Å². The van der Waals surface area contributed by atoms with Gasteiger partial charge in [-0.2, -0.15) is 5.10 Å². The molecular weight excluding hydrogens is 338 g/mol. The first kappa shape index (κ1) is 17.8. The highest BCUT2D eigenvalue weighted by atomic mass is 16.2. The fourth-order valence-electron chi connectivity index (χ4n) is 3.93. The lowest BCUT2D eigenvalue weighted by molar-refractivity contribution is -0.121. The summed E-state index contributed by atoms with van der Waals surface area (Å²) in [6.45, 7) is 0. The Labute approximate surface area is 159 Å². The van der Waals surface area contributed by atoms with Gasteiger partial charge in [-0.25, -0.2) is 4.99 Å². The average molecular weight is 365 g/mol. The highest BCUT2D eigenvalue weighted by molar-refractivity contribution is 6.15. The van der Waals surface area contributed by atoms with E-state index in [1.807, 2.05) is 42.2 Å². The zero-order valence-electron chi connectivity index (χ0n) is 16.1. The van der Waals surface area contributed by atoms with Crippen molar-refractivity contribution in [2.75, 3.05) is 7.05 Å². The maximum Gasteiger partial charge on any atom is 0.276 e. The van der Waals surface area contributed by atoms with Crippen LogP contribution < -0.4 is 5.32 Å². The zero-order chi connectivity index (χ0) is 18.8. The average Bonchev–Trinajstić information content (AvgIpc) is 3.12. The smallest absolute Gasteiger partial charge is 0.276 e. The van der Waals surface area contributed by atoms with Gasteiger partial charge in [0.1, 0.15) is 5.70 Å². The number of likely N-dealkylation sites (N-methyl/N-ethyl adjacent to an activating group) is 1. The van der Waals surface area contributed by atoms with Crippen LogP contribution in [-0.2, 0) is 11.8 Å². The molecule has 1 saturated carbocycles. The summed E-state index contributed by atoms with van der Waals surface area (Å²) < 4.78 is 1.85. The molecule has 0 unspecified atom stereocenters. The molecule has 2 heterocycles. The molecule has 4 rings (SSSR count). The summed E-state index contributed by atoms with van der Waals surface area (Å²) in [5.41, 5.74) is 2.63. The highest BCUT2D eigenvalue weighted by Gasteiger charge is 2.29. The van der Waals surface area contributed by atoms with Crippen LogP contribution >= 0.6 is 0 Å². The van der Waals surface area contributed by atoms with Crippen molar-refractivity contribution in [3.8, 4) is 0 Å². The second-order valence-electron chi connectivity index (χ2n) is 7.59. The second kappa shape index (κ2) is 7.55. The molecule has 1 aromatic carbocycles. The lowest BCUT2D eigenvalue weighted by Gasteiger charge is -2.17. The number of hydrogen-bond acceptors (Lipinski definition) is 3. The first-order valence-electron chi connectivity index (χ1n) is 9.88. The van der Waals surface area contributed by atoms with E-state index in [0.29, 0.717) is 17.7 Å². The number of amides is 1. The SMILES string of the molecule is CN1C(=O)/C(=C/c2ccc3c(cnn3C)c2)NC1=NC1CCCCCCC1. The Morgan fingerprint density at radius 2 is 1.89 bits per heavy atom. The number of aliphatic imine (C=N–C) groups is 1. The van der Waals surface area contributed by atoms with E-state index in [2.05, 4.69) is 10.4 Å². The van der Waals surface area contributed by atoms with Crippen LogP contribution in [0.2, 0.25) is 0 Å². The molecule has 2 aromatic rings. The van der Waals surface area contributed by atoms with Gasteiger partial charge in [-0.3, -0.25) is 14.4 Å².